The van der Waals surface area contributed by atoms with Gasteiger partial charge in [0, 0.05) is 29.2 Å². The van der Waals surface area contributed by atoms with Crippen LogP contribution in [0.3, 0.4) is 0 Å². The summed E-state index contributed by atoms with van der Waals surface area (Å²) in [5.74, 6) is -6.05. The SMILES string of the molecule is COC(=O)C1=C(CN2CC(F)(F)C[C@H]2C(=O)O)NC(c2nc(C)co2)=N[C@H]1c1ccc(F)cc1Cl. The van der Waals surface area contributed by atoms with Crippen molar-refractivity contribution in [2.75, 3.05) is 20.2 Å². The molecule has 0 spiro atoms. The number of benzene rings is 1. The number of amidine groups is 1. The van der Waals surface area contributed by atoms with Crippen molar-refractivity contribution in [3.63, 3.8) is 0 Å². The molecule has 2 aliphatic heterocycles. The van der Waals surface area contributed by atoms with Gasteiger partial charge in [0.05, 0.1) is 24.9 Å². The van der Waals surface area contributed by atoms with E-state index in [1.54, 1.807) is 6.92 Å². The number of hydrogen-bond acceptors (Lipinski definition) is 8. The van der Waals surface area contributed by atoms with E-state index in [9.17, 15) is 27.9 Å². The molecule has 35 heavy (non-hydrogen) atoms. The summed E-state index contributed by atoms with van der Waals surface area (Å²) in [6, 6.07) is 0.862. The monoisotopic (exact) mass is 512 g/mol. The lowest BCUT2D eigenvalue weighted by molar-refractivity contribution is -0.142. The molecule has 2 aromatic rings. The molecular weight excluding hydrogens is 493 g/mol. The first-order valence-electron chi connectivity index (χ1n) is 10.4. The summed E-state index contributed by atoms with van der Waals surface area (Å²) in [7, 11) is 1.12. The number of halogens is 4. The largest absolute Gasteiger partial charge is 0.480 e. The molecule has 3 heterocycles. The predicted molar refractivity (Wildman–Crippen MR) is 117 cm³/mol. The lowest BCUT2D eigenvalue weighted by Crippen LogP contribution is -2.43. The van der Waals surface area contributed by atoms with Crippen LogP contribution in [-0.2, 0) is 14.3 Å². The molecule has 1 saturated heterocycles. The molecule has 1 aromatic heterocycles. The van der Waals surface area contributed by atoms with Gasteiger partial charge in [0.1, 0.15) is 24.2 Å². The van der Waals surface area contributed by atoms with E-state index in [2.05, 4.69) is 15.3 Å². The van der Waals surface area contributed by atoms with Crippen molar-refractivity contribution in [1.29, 1.82) is 0 Å². The molecule has 2 aliphatic rings. The summed E-state index contributed by atoms with van der Waals surface area (Å²) in [4.78, 5) is 34.3. The van der Waals surface area contributed by atoms with Crippen molar-refractivity contribution >= 4 is 29.4 Å². The average molecular weight is 513 g/mol. The highest BCUT2D eigenvalue weighted by atomic mass is 35.5. The highest BCUT2D eigenvalue weighted by Crippen LogP contribution is 2.38. The third-order valence-electron chi connectivity index (χ3n) is 5.62. The minimum atomic E-state index is -3.24. The number of carboxylic acid groups (broad SMARTS) is 1. The number of methoxy groups -OCH3 is 1. The van der Waals surface area contributed by atoms with Gasteiger partial charge in [-0.2, -0.15) is 0 Å². The molecule has 1 fully saturated rings. The molecule has 2 atom stereocenters. The lowest BCUT2D eigenvalue weighted by atomic mass is 9.95. The zero-order valence-corrected chi connectivity index (χ0v) is 19.3. The Hall–Kier alpha value is -3.38. The van der Waals surface area contributed by atoms with Crippen molar-refractivity contribution in [2.45, 2.75) is 31.4 Å². The summed E-state index contributed by atoms with van der Waals surface area (Å²) in [6.45, 7) is 0.451. The standard InChI is InChI=1S/C22H20ClF3N4O5/c1-10-8-35-19(27-10)18-28-14(7-30-9-22(25,26)6-15(30)20(31)32)16(21(33)34-2)17(29-18)12-4-3-11(24)5-13(12)23/h3-5,8,15,17H,6-7,9H2,1-2H3,(H,28,29)(H,31,32)/t15-,17-/m0/s1. The Balaban J connectivity index is 1.85. The number of carbonyl (C=O) groups is 2. The van der Waals surface area contributed by atoms with E-state index in [1.165, 1.54) is 12.3 Å². The van der Waals surface area contributed by atoms with Crippen molar-refractivity contribution in [3.05, 3.63) is 63.7 Å². The van der Waals surface area contributed by atoms with Crippen LogP contribution in [0, 0.1) is 12.7 Å². The van der Waals surface area contributed by atoms with Gasteiger partial charge in [-0.25, -0.2) is 22.9 Å². The van der Waals surface area contributed by atoms with Crippen LogP contribution in [-0.4, -0.2) is 64.9 Å². The van der Waals surface area contributed by atoms with Crippen molar-refractivity contribution in [2.24, 2.45) is 4.99 Å². The third kappa shape index (κ3) is 5.03. The average Bonchev–Trinajstić information content (AvgIpc) is 3.35. The Kier molecular flexibility index (Phi) is 6.60. The van der Waals surface area contributed by atoms with E-state index in [-0.39, 0.29) is 40.1 Å². The molecule has 0 unspecified atom stereocenters. The smallest absolute Gasteiger partial charge is 0.338 e. The van der Waals surface area contributed by atoms with E-state index in [0.29, 0.717) is 5.69 Å². The fraction of sp³-hybridized carbons (Fsp3) is 0.364. The van der Waals surface area contributed by atoms with Gasteiger partial charge in [-0.1, -0.05) is 17.7 Å². The van der Waals surface area contributed by atoms with Crippen LogP contribution in [0.4, 0.5) is 13.2 Å². The number of nitrogens with one attached hydrogen (secondary N) is 1. The Morgan fingerprint density at radius 3 is 2.74 bits per heavy atom. The first kappa shape index (κ1) is 24.7. The number of aromatic nitrogens is 1. The fourth-order valence-corrected chi connectivity index (χ4v) is 4.36. The molecule has 1 aromatic carbocycles. The van der Waals surface area contributed by atoms with Gasteiger partial charge in [0.2, 0.25) is 0 Å². The number of nitrogens with zero attached hydrogens (tertiary/aromatic N) is 3. The Morgan fingerprint density at radius 1 is 1.40 bits per heavy atom. The predicted octanol–water partition coefficient (Wildman–Crippen LogP) is 3.09. The zero-order valence-electron chi connectivity index (χ0n) is 18.5. The second-order valence-corrected chi connectivity index (χ2v) is 8.58. The number of carbonyl (C=O) groups excluding carboxylic acids is 1. The van der Waals surface area contributed by atoms with E-state index in [1.807, 2.05) is 0 Å². The number of aliphatic carboxylic acids is 1. The number of alkyl halides is 2. The molecule has 186 valence electrons. The second-order valence-electron chi connectivity index (χ2n) is 8.17. The summed E-state index contributed by atoms with van der Waals surface area (Å²) in [5, 5.41) is 12.3. The minimum Gasteiger partial charge on any atom is -0.480 e. The summed E-state index contributed by atoms with van der Waals surface area (Å²) in [5.41, 5.74) is 0.699. The molecule has 0 amide bonds. The second kappa shape index (κ2) is 9.34. The van der Waals surface area contributed by atoms with Crippen LogP contribution < -0.4 is 5.32 Å². The van der Waals surface area contributed by atoms with Crippen LogP contribution in [0.2, 0.25) is 5.02 Å². The van der Waals surface area contributed by atoms with Crippen LogP contribution in [0.5, 0.6) is 0 Å². The maximum Gasteiger partial charge on any atom is 0.338 e. The summed E-state index contributed by atoms with van der Waals surface area (Å²) in [6.07, 6.45) is 0.483. The normalized spacial score (nSPS) is 22.1. The van der Waals surface area contributed by atoms with Gasteiger partial charge in [-0.3, -0.25) is 14.7 Å². The number of esters is 1. The third-order valence-corrected chi connectivity index (χ3v) is 5.95. The molecule has 0 saturated carbocycles. The number of ether oxygens (including phenoxy) is 1. The van der Waals surface area contributed by atoms with Gasteiger partial charge < -0.3 is 19.6 Å². The van der Waals surface area contributed by atoms with Gasteiger partial charge >= 0.3 is 11.9 Å². The first-order valence-corrected chi connectivity index (χ1v) is 10.7. The van der Waals surface area contributed by atoms with Gasteiger partial charge in [0.15, 0.2) is 5.84 Å². The van der Waals surface area contributed by atoms with E-state index >= 15 is 0 Å². The maximum absolute atomic E-state index is 14.1. The number of aryl methyl sites for hydroxylation is 1. The van der Waals surface area contributed by atoms with Crippen molar-refractivity contribution in [3.8, 4) is 0 Å². The molecular formula is C22H20ClF3N4O5. The van der Waals surface area contributed by atoms with E-state index in [0.717, 1.165) is 24.1 Å². The maximum atomic E-state index is 14.1. The summed E-state index contributed by atoms with van der Waals surface area (Å²) >= 11 is 6.26. The van der Waals surface area contributed by atoms with Crippen LogP contribution >= 0.6 is 11.6 Å². The van der Waals surface area contributed by atoms with Crippen LogP contribution in [0.1, 0.15) is 29.6 Å². The number of hydrogen-bond donors (Lipinski definition) is 2. The zero-order chi connectivity index (χ0) is 25.5. The number of likely N-dealkylation sites (tertiary alicyclic amines) is 1. The quantitative estimate of drug-likeness (QED) is 0.567. The Labute approximate surface area is 202 Å². The Morgan fingerprint density at radius 2 is 2.14 bits per heavy atom. The van der Waals surface area contributed by atoms with Crippen molar-refractivity contribution < 1.29 is 37.0 Å². The number of aliphatic imine (C=N–C) groups is 1. The molecule has 2 N–H and O–H groups in total. The molecule has 0 radical (unpaired) electrons. The lowest BCUT2D eigenvalue weighted by Gasteiger charge is -2.30. The first-order chi connectivity index (χ1) is 16.5. The molecule has 0 aliphatic carbocycles. The van der Waals surface area contributed by atoms with Crippen LogP contribution in [0.25, 0.3) is 0 Å². The summed E-state index contributed by atoms with van der Waals surface area (Å²) < 4.78 is 52.3. The minimum absolute atomic E-state index is 0.0358. The number of carboxylic acids is 1. The highest BCUT2D eigenvalue weighted by Gasteiger charge is 2.49. The van der Waals surface area contributed by atoms with E-state index in [4.69, 9.17) is 20.8 Å². The topological polar surface area (TPSA) is 117 Å². The van der Waals surface area contributed by atoms with E-state index < -0.39 is 48.7 Å². The van der Waals surface area contributed by atoms with Gasteiger partial charge in [-0.05, 0) is 19.1 Å². The molecule has 4 rings (SSSR count). The molecule has 9 nitrogen and oxygen atoms in total. The number of oxazole rings is 1. The highest BCUT2D eigenvalue weighted by molar-refractivity contribution is 6.31. The molecule has 13 heteroatoms. The fourth-order valence-electron chi connectivity index (χ4n) is 4.09. The Bertz CT molecular complexity index is 1250. The van der Waals surface area contributed by atoms with Gasteiger partial charge in [0.25, 0.3) is 11.8 Å². The van der Waals surface area contributed by atoms with Gasteiger partial charge in [-0.15, -0.1) is 0 Å². The van der Waals surface area contributed by atoms with Crippen molar-refractivity contribution in [1.82, 2.24) is 15.2 Å². The number of rotatable bonds is 6. The van der Waals surface area contributed by atoms with Crippen LogP contribution in [0.15, 0.2) is 45.1 Å². The molecule has 0 bridgehead atoms.